The van der Waals surface area contributed by atoms with Crippen LogP contribution in [0.1, 0.15) is 36.3 Å². The summed E-state index contributed by atoms with van der Waals surface area (Å²) in [7, 11) is 0. The molecule has 1 heterocycles. The third kappa shape index (κ3) is 5.32. The number of nitrogens with one attached hydrogen (secondary N) is 1. The van der Waals surface area contributed by atoms with E-state index in [4.69, 9.17) is 0 Å². The van der Waals surface area contributed by atoms with Crippen LogP contribution in [0.5, 0.6) is 0 Å². The van der Waals surface area contributed by atoms with Crippen molar-refractivity contribution in [2.75, 3.05) is 19.6 Å². The average Bonchev–Trinajstić information content (AvgIpc) is 3.53. The number of amides is 1. The predicted octanol–water partition coefficient (Wildman–Crippen LogP) is 5.31. The molecule has 1 amide bonds. The number of carbonyl (C=O) groups excluding carboxylic acids is 1. The fraction of sp³-hybridized carbons (Fsp3) is 0.458. The molecule has 4 rings (SSSR count). The van der Waals surface area contributed by atoms with Crippen LogP contribution >= 0.6 is 15.9 Å². The first-order chi connectivity index (χ1) is 14.8. The van der Waals surface area contributed by atoms with E-state index in [1.807, 2.05) is 54.6 Å². The van der Waals surface area contributed by atoms with Crippen LogP contribution in [0.15, 0.2) is 59.1 Å². The summed E-state index contributed by atoms with van der Waals surface area (Å²) in [5.41, 5.74) is 1.70. The highest BCUT2D eigenvalue weighted by Gasteiger charge is 2.53. The summed E-state index contributed by atoms with van der Waals surface area (Å²) >= 11 is 3.49. The van der Waals surface area contributed by atoms with Crippen molar-refractivity contribution in [3.05, 3.63) is 70.2 Å². The van der Waals surface area contributed by atoms with Gasteiger partial charge in [-0.2, -0.15) is 13.2 Å². The van der Waals surface area contributed by atoms with Gasteiger partial charge in [-0.25, -0.2) is 0 Å². The number of carbonyl (C=O) groups is 1. The summed E-state index contributed by atoms with van der Waals surface area (Å²) in [4.78, 5) is 13.7. The topological polar surface area (TPSA) is 32.3 Å². The maximum absolute atomic E-state index is 13.6. The van der Waals surface area contributed by atoms with Crippen LogP contribution in [0.3, 0.4) is 0 Å². The molecule has 2 fully saturated rings. The zero-order valence-corrected chi connectivity index (χ0v) is 18.8. The molecule has 1 unspecified atom stereocenters. The molecular formula is C24H26BrF3N2O. The lowest BCUT2D eigenvalue weighted by atomic mass is 9.73. The van der Waals surface area contributed by atoms with Crippen LogP contribution in [-0.4, -0.2) is 42.7 Å². The Labute approximate surface area is 189 Å². The molecule has 7 heteroatoms. The first-order valence-corrected chi connectivity index (χ1v) is 11.4. The zero-order chi connectivity index (χ0) is 22.1. The Morgan fingerprint density at radius 2 is 1.81 bits per heavy atom. The number of hydrogen-bond acceptors (Lipinski definition) is 2. The molecule has 1 N–H and O–H groups in total. The lowest BCUT2D eigenvalue weighted by Crippen LogP contribution is -2.51. The second-order valence-electron chi connectivity index (χ2n) is 8.81. The molecule has 2 aromatic carbocycles. The smallest absolute Gasteiger partial charge is 0.331 e. The number of halogens is 4. The molecule has 2 atom stereocenters. The van der Waals surface area contributed by atoms with Crippen molar-refractivity contribution in [3.8, 4) is 0 Å². The maximum Gasteiger partial charge on any atom is 0.471 e. The Balaban J connectivity index is 1.61. The van der Waals surface area contributed by atoms with E-state index >= 15 is 0 Å². The highest BCUT2D eigenvalue weighted by atomic mass is 79.9. The Bertz CT molecular complexity index is 913. The molecule has 1 aliphatic heterocycles. The summed E-state index contributed by atoms with van der Waals surface area (Å²) in [6.45, 7) is 1.62. The van der Waals surface area contributed by atoms with Crippen molar-refractivity contribution in [1.82, 2.24) is 10.2 Å². The molecule has 0 radical (unpaired) electrons. The van der Waals surface area contributed by atoms with Gasteiger partial charge in [0.15, 0.2) is 0 Å². The number of rotatable bonds is 6. The number of nitrogens with zero attached hydrogens (tertiary/aromatic N) is 1. The van der Waals surface area contributed by atoms with Crippen LogP contribution in [0.4, 0.5) is 13.2 Å². The molecule has 1 saturated carbocycles. The molecule has 31 heavy (non-hydrogen) atoms. The number of piperidine rings is 1. The minimum Gasteiger partial charge on any atom is -0.331 e. The van der Waals surface area contributed by atoms with E-state index in [1.165, 1.54) is 0 Å². The van der Waals surface area contributed by atoms with Gasteiger partial charge in [-0.3, -0.25) is 4.79 Å². The standard InChI is InChI=1S/C24H26BrF3N2O/c25-19-8-4-5-17(13-19)15-23(9-11-29-12-10-23)16-30(22(31)24(26,27)28)21-14-20(21)18-6-2-1-3-7-18/h1-8,13,20-21,29H,9-12,14-16H2/t20?,21-/m1/s1. The Morgan fingerprint density at radius 1 is 1.10 bits per heavy atom. The zero-order valence-electron chi connectivity index (χ0n) is 17.2. The summed E-state index contributed by atoms with van der Waals surface area (Å²) in [5, 5.41) is 3.31. The lowest BCUT2D eigenvalue weighted by Gasteiger charge is -2.42. The minimum absolute atomic E-state index is 0.0304. The molecule has 0 aromatic heterocycles. The fourth-order valence-corrected chi connectivity index (χ4v) is 5.32. The van der Waals surface area contributed by atoms with E-state index in [1.54, 1.807) is 0 Å². The molecule has 2 aliphatic rings. The predicted molar refractivity (Wildman–Crippen MR) is 118 cm³/mol. The van der Waals surface area contributed by atoms with E-state index in [-0.39, 0.29) is 17.9 Å². The van der Waals surface area contributed by atoms with Crippen LogP contribution in [0, 0.1) is 5.41 Å². The van der Waals surface area contributed by atoms with Crippen molar-refractivity contribution in [2.24, 2.45) is 5.41 Å². The molecule has 3 nitrogen and oxygen atoms in total. The van der Waals surface area contributed by atoms with Crippen molar-refractivity contribution in [1.29, 1.82) is 0 Å². The van der Waals surface area contributed by atoms with Gasteiger partial charge in [0.2, 0.25) is 0 Å². The highest BCUT2D eigenvalue weighted by Crippen LogP contribution is 2.48. The summed E-state index contributed by atoms with van der Waals surface area (Å²) in [6, 6.07) is 17.0. The number of alkyl halides is 3. The molecular weight excluding hydrogens is 469 g/mol. The molecule has 1 saturated heterocycles. The lowest BCUT2D eigenvalue weighted by molar-refractivity contribution is -0.188. The second kappa shape index (κ2) is 8.94. The van der Waals surface area contributed by atoms with Crippen LogP contribution in [0.25, 0.3) is 0 Å². The number of benzene rings is 2. The van der Waals surface area contributed by atoms with E-state index in [9.17, 15) is 18.0 Å². The normalized spacial score (nSPS) is 22.7. The third-order valence-electron chi connectivity index (χ3n) is 6.53. The van der Waals surface area contributed by atoms with E-state index < -0.39 is 18.1 Å². The molecule has 0 bridgehead atoms. The summed E-state index contributed by atoms with van der Waals surface area (Å²) < 4.78 is 41.6. The van der Waals surface area contributed by atoms with Gasteiger partial charge < -0.3 is 10.2 Å². The van der Waals surface area contributed by atoms with Gasteiger partial charge in [-0.05, 0) is 67.4 Å². The van der Waals surface area contributed by atoms with E-state index in [2.05, 4.69) is 21.2 Å². The summed E-state index contributed by atoms with van der Waals surface area (Å²) in [6.07, 6.45) is -2.16. The van der Waals surface area contributed by atoms with Crippen LogP contribution in [-0.2, 0) is 11.2 Å². The third-order valence-corrected chi connectivity index (χ3v) is 7.02. The Hall–Kier alpha value is -1.86. The van der Waals surface area contributed by atoms with Crippen molar-refractivity contribution in [3.63, 3.8) is 0 Å². The fourth-order valence-electron chi connectivity index (χ4n) is 4.88. The van der Waals surface area contributed by atoms with Crippen LogP contribution in [0.2, 0.25) is 0 Å². The highest BCUT2D eigenvalue weighted by molar-refractivity contribution is 9.10. The van der Waals surface area contributed by atoms with E-state index in [0.717, 1.165) is 46.4 Å². The summed E-state index contributed by atoms with van der Waals surface area (Å²) in [5.74, 6) is -1.74. The van der Waals surface area contributed by atoms with Gasteiger partial charge in [-0.1, -0.05) is 58.4 Å². The van der Waals surface area contributed by atoms with Crippen LogP contribution < -0.4 is 5.32 Å². The number of hydrogen-bond donors (Lipinski definition) is 1. The van der Waals surface area contributed by atoms with Gasteiger partial charge in [0.05, 0.1) is 0 Å². The Morgan fingerprint density at radius 3 is 2.45 bits per heavy atom. The quantitative estimate of drug-likeness (QED) is 0.590. The first-order valence-electron chi connectivity index (χ1n) is 10.7. The molecule has 2 aromatic rings. The monoisotopic (exact) mass is 494 g/mol. The van der Waals surface area contributed by atoms with Gasteiger partial charge in [-0.15, -0.1) is 0 Å². The van der Waals surface area contributed by atoms with E-state index in [0.29, 0.717) is 12.8 Å². The van der Waals surface area contributed by atoms with Gasteiger partial charge in [0.25, 0.3) is 0 Å². The first kappa shape index (κ1) is 22.3. The average molecular weight is 495 g/mol. The maximum atomic E-state index is 13.6. The van der Waals surface area contributed by atoms with Gasteiger partial charge >= 0.3 is 12.1 Å². The molecule has 166 valence electrons. The van der Waals surface area contributed by atoms with Crippen molar-refractivity contribution < 1.29 is 18.0 Å². The molecule has 1 aliphatic carbocycles. The van der Waals surface area contributed by atoms with Crippen molar-refractivity contribution >= 4 is 21.8 Å². The van der Waals surface area contributed by atoms with Crippen molar-refractivity contribution in [2.45, 2.75) is 43.8 Å². The Kier molecular flexibility index (Phi) is 6.44. The second-order valence-corrected chi connectivity index (χ2v) is 9.72. The minimum atomic E-state index is -4.87. The molecule has 0 spiro atoms. The SMILES string of the molecule is O=C(N(CC1(Cc2cccc(Br)c2)CCNCC1)[C@@H]1CC1c1ccccc1)C(F)(F)F. The van der Waals surface area contributed by atoms with Gasteiger partial charge in [0, 0.05) is 23.0 Å². The van der Waals surface area contributed by atoms with Gasteiger partial charge in [0.1, 0.15) is 0 Å². The largest absolute Gasteiger partial charge is 0.471 e.